The zero-order valence-electron chi connectivity index (χ0n) is 12.0. The molecule has 6 heteroatoms. The molecule has 0 unspecified atom stereocenters. The van der Waals surface area contributed by atoms with E-state index >= 15 is 0 Å². The summed E-state index contributed by atoms with van der Waals surface area (Å²) >= 11 is 6.22. The number of aryl methyl sites for hydroxylation is 2. The highest BCUT2D eigenvalue weighted by Crippen LogP contribution is 2.22. The van der Waals surface area contributed by atoms with E-state index in [2.05, 4.69) is 5.10 Å². The summed E-state index contributed by atoms with van der Waals surface area (Å²) in [5.74, 6) is -0.249. The van der Waals surface area contributed by atoms with Crippen molar-refractivity contribution in [3.63, 3.8) is 0 Å². The first kappa shape index (κ1) is 15.4. The quantitative estimate of drug-likeness (QED) is 0.890. The Kier molecular flexibility index (Phi) is 4.85. The standard InChI is InChI=1S/C15H17ClN2O3/c1-3-18-13(15(16)10(2)17-18)9-21-12-6-4-5-11(7-12)8-14(19)20/h4-7H,3,8-9H2,1-2H3,(H,19,20). The molecule has 1 aromatic heterocycles. The molecule has 5 nitrogen and oxygen atoms in total. The van der Waals surface area contributed by atoms with Crippen molar-refractivity contribution in [1.82, 2.24) is 9.78 Å². The third kappa shape index (κ3) is 3.76. The molecule has 0 saturated carbocycles. The minimum absolute atomic E-state index is 0.0239. The fourth-order valence-corrected chi connectivity index (χ4v) is 2.27. The summed E-state index contributed by atoms with van der Waals surface area (Å²) in [5.41, 5.74) is 2.29. The number of carboxylic acid groups (broad SMARTS) is 1. The van der Waals surface area contributed by atoms with Crippen molar-refractivity contribution < 1.29 is 14.6 Å². The summed E-state index contributed by atoms with van der Waals surface area (Å²) < 4.78 is 7.52. The van der Waals surface area contributed by atoms with Gasteiger partial charge in [0.25, 0.3) is 0 Å². The third-order valence-electron chi connectivity index (χ3n) is 3.08. The van der Waals surface area contributed by atoms with Gasteiger partial charge in [-0.15, -0.1) is 0 Å². The summed E-state index contributed by atoms with van der Waals surface area (Å²) in [4.78, 5) is 10.7. The number of ether oxygens (including phenoxy) is 1. The van der Waals surface area contributed by atoms with Crippen molar-refractivity contribution in [1.29, 1.82) is 0 Å². The van der Waals surface area contributed by atoms with Crippen LogP contribution in [-0.2, 0) is 24.4 Å². The van der Waals surface area contributed by atoms with Crippen LogP contribution in [0.5, 0.6) is 5.75 Å². The van der Waals surface area contributed by atoms with Gasteiger partial charge in [0.2, 0.25) is 0 Å². The van der Waals surface area contributed by atoms with Crippen LogP contribution in [0.15, 0.2) is 24.3 Å². The molecule has 0 radical (unpaired) electrons. The molecule has 2 aromatic rings. The van der Waals surface area contributed by atoms with Crippen LogP contribution in [0.25, 0.3) is 0 Å². The van der Waals surface area contributed by atoms with Crippen molar-refractivity contribution in [2.75, 3.05) is 0 Å². The van der Waals surface area contributed by atoms with Crippen LogP contribution < -0.4 is 4.74 Å². The van der Waals surface area contributed by atoms with Crippen molar-refractivity contribution in [2.45, 2.75) is 33.4 Å². The predicted molar refractivity (Wildman–Crippen MR) is 79.8 cm³/mol. The Balaban J connectivity index is 2.11. The van der Waals surface area contributed by atoms with Crippen LogP contribution >= 0.6 is 11.6 Å². The highest BCUT2D eigenvalue weighted by molar-refractivity contribution is 6.31. The molecular formula is C15H17ClN2O3. The second-order valence-electron chi connectivity index (χ2n) is 4.67. The Morgan fingerprint density at radius 1 is 1.48 bits per heavy atom. The highest BCUT2D eigenvalue weighted by atomic mass is 35.5. The Labute approximate surface area is 128 Å². The first-order chi connectivity index (χ1) is 10.0. The average molecular weight is 309 g/mol. The molecule has 1 aromatic carbocycles. The smallest absolute Gasteiger partial charge is 0.307 e. The Bertz CT molecular complexity index is 652. The molecule has 0 aliphatic carbocycles. The van der Waals surface area contributed by atoms with Crippen LogP contribution in [-0.4, -0.2) is 20.9 Å². The number of hydrogen-bond donors (Lipinski definition) is 1. The maximum absolute atomic E-state index is 10.7. The molecule has 21 heavy (non-hydrogen) atoms. The molecule has 0 aliphatic heterocycles. The van der Waals surface area contributed by atoms with Crippen molar-refractivity contribution >= 4 is 17.6 Å². The second kappa shape index (κ2) is 6.63. The van der Waals surface area contributed by atoms with Crippen LogP contribution in [0, 0.1) is 6.92 Å². The Morgan fingerprint density at radius 2 is 2.24 bits per heavy atom. The number of nitrogens with zero attached hydrogens (tertiary/aromatic N) is 2. The molecular weight excluding hydrogens is 292 g/mol. The van der Waals surface area contributed by atoms with E-state index in [9.17, 15) is 4.79 Å². The number of carbonyl (C=O) groups is 1. The lowest BCUT2D eigenvalue weighted by Gasteiger charge is -2.09. The molecule has 1 N–H and O–H groups in total. The number of rotatable bonds is 6. The number of hydrogen-bond acceptors (Lipinski definition) is 3. The molecule has 0 amide bonds. The van der Waals surface area contributed by atoms with Gasteiger partial charge < -0.3 is 9.84 Å². The molecule has 0 spiro atoms. The maximum Gasteiger partial charge on any atom is 0.307 e. The van der Waals surface area contributed by atoms with Crippen molar-refractivity contribution in [2.24, 2.45) is 0 Å². The lowest BCUT2D eigenvalue weighted by molar-refractivity contribution is -0.136. The third-order valence-corrected chi connectivity index (χ3v) is 3.57. The Morgan fingerprint density at radius 3 is 2.90 bits per heavy atom. The molecule has 0 saturated heterocycles. The zero-order valence-corrected chi connectivity index (χ0v) is 12.7. The van der Waals surface area contributed by atoms with Gasteiger partial charge in [-0.25, -0.2) is 0 Å². The number of halogens is 1. The molecule has 2 rings (SSSR count). The van der Waals surface area contributed by atoms with Crippen molar-refractivity contribution in [3.8, 4) is 5.75 Å². The van der Waals surface area contributed by atoms with Crippen LogP contribution in [0.2, 0.25) is 5.02 Å². The van der Waals surface area contributed by atoms with E-state index < -0.39 is 5.97 Å². The second-order valence-corrected chi connectivity index (χ2v) is 5.05. The van der Waals surface area contributed by atoms with E-state index in [1.807, 2.05) is 13.8 Å². The van der Waals surface area contributed by atoms with Gasteiger partial charge in [-0.3, -0.25) is 9.48 Å². The summed E-state index contributed by atoms with van der Waals surface area (Å²) in [6, 6.07) is 7.05. The maximum atomic E-state index is 10.7. The molecule has 0 aliphatic rings. The van der Waals surface area contributed by atoms with E-state index in [4.69, 9.17) is 21.4 Å². The van der Waals surface area contributed by atoms with Crippen molar-refractivity contribution in [3.05, 3.63) is 46.2 Å². The number of aliphatic carboxylic acids is 1. The van der Waals surface area contributed by atoms with Gasteiger partial charge in [0, 0.05) is 6.54 Å². The molecule has 0 atom stereocenters. The lowest BCUT2D eigenvalue weighted by Crippen LogP contribution is -2.07. The summed E-state index contributed by atoms with van der Waals surface area (Å²) in [5, 5.41) is 13.7. The zero-order chi connectivity index (χ0) is 15.4. The van der Waals surface area contributed by atoms with Crippen LogP contribution in [0.3, 0.4) is 0 Å². The fraction of sp³-hybridized carbons (Fsp3) is 0.333. The van der Waals surface area contributed by atoms with Crippen LogP contribution in [0.1, 0.15) is 23.9 Å². The van der Waals surface area contributed by atoms with Crippen LogP contribution in [0.4, 0.5) is 0 Å². The van der Waals surface area contributed by atoms with Gasteiger partial charge in [-0.1, -0.05) is 23.7 Å². The summed E-state index contributed by atoms with van der Waals surface area (Å²) in [6.07, 6.45) is -0.0239. The minimum Gasteiger partial charge on any atom is -0.487 e. The lowest BCUT2D eigenvalue weighted by atomic mass is 10.1. The van der Waals surface area contributed by atoms with Gasteiger partial charge in [-0.05, 0) is 31.5 Å². The van der Waals surface area contributed by atoms with Gasteiger partial charge in [0.1, 0.15) is 12.4 Å². The van der Waals surface area contributed by atoms with E-state index in [0.717, 1.165) is 11.4 Å². The van der Waals surface area contributed by atoms with E-state index in [0.29, 0.717) is 29.5 Å². The average Bonchev–Trinajstić information content (AvgIpc) is 2.71. The molecule has 0 bridgehead atoms. The summed E-state index contributed by atoms with van der Waals surface area (Å²) in [7, 11) is 0. The largest absolute Gasteiger partial charge is 0.487 e. The van der Waals surface area contributed by atoms with E-state index in [1.165, 1.54) is 0 Å². The van der Waals surface area contributed by atoms with E-state index in [-0.39, 0.29) is 6.42 Å². The van der Waals surface area contributed by atoms with Gasteiger partial charge in [-0.2, -0.15) is 5.10 Å². The normalized spacial score (nSPS) is 10.6. The predicted octanol–water partition coefficient (Wildman–Crippen LogP) is 3.07. The van der Waals surface area contributed by atoms with E-state index in [1.54, 1.807) is 28.9 Å². The SMILES string of the molecule is CCn1nc(C)c(Cl)c1COc1cccc(CC(=O)O)c1. The molecule has 0 fully saturated rings. The monoisotopic (exact) mass is 308 g/mol. The number of benzene rings is 1. The number of carboxylic acids is 1. The molecule has 1 heterocycles. The fourth-order valence-electron chi connectivity index (χ4n) is 2.08. The summed E-state index contributed by atoms with van der Waals surface area (Å²) in [6.45, 7) is 4.85. The molecule has 112 valence electrons. The topological polar surface area (TPSA) is 64.4 Å². The first-order valence-electron chi connectivity index (χ1n) is 6.66. The number of aromatic nitrogens is 2. The highest BCUT2D eigenvalue weighted by Gasteiger charge is 2.13. The first-order valence-corrected chi connectivity index (χ1v) is 7.04. The Hall–Kier alpha value is -2.01. The minimum atomic E-state index is -0.866. The van der Waals surface area contributed by atoms with Gasteiger partial charge in [0.15, 0.2) is 0 Å². The van der Waals surface area contributed by atoms with Gasteiger partial charge >= 0.3 is 5.97 Å². The van der Waals surface area contributed by atoms with Gasteiger partial charge in [0.05, 0.1) is 22.8 Å².